The van der Waals surface area contributed by atoms with Crippen LogP contribution in [0.3, 0.4) is 0 Å². The lowest BCUT2D eigenvalue weighted by molar-refractivity contribution is -0.121. The van der Waals surface area contributed by atoms with E-state index in [-0.39, 0.29) is 11.9 Å². The second-order valence-corrected chi connectivity index (χ2v) is 4.61. The fraction of sp³-hybridized carbons (Fsp3) is 0.312. The normalized spacial score (nSPS) is 12.3. The summed E-state index contributed by atoms with van der Waals surface area (Å²) >= 11 is 0. The third-order valence-electron chi connectivity index (χ3n) is 3.14. The van der Waals surface area contributed by atoms with Crippen molar-refractivity contribution in [3.8, 4) is 0 Å². The summed E-state index contributed by atoms with van der Waals surface area (Å²) in [6.45, 7) is 4.05. The van der Waals surface area contributed by atoms with E-state index in [1.54, 1.807) is 0 Å². The van der Waals surface area contributed by atoms with Gasteiger partial charge in [-0.25, -0.2) is 0 Å². The Kier molecular flexibility index (Phi) is 3.98. The highest BCUT2D eigenvalue weighted by Gasteiger charge is 2.11. The van der Waals surface area contributed by atoms with E-state index in [2.05, 4.69) is 29.6 Å². The Labute approximate surface area is 108 Å². The highest BCUT2D eigenvalue weighted by Crippen LogP contribution is 2.23. The van der Waals surface area contributed by atoms with Crippen molar-refractivity contribution < 1.29 is 4.79 Å². The SMILES string of the molecule is CCCC(=O)N[C@H](C)c1cccc2ccccc12. The molecular weight excluding hydrogens is 222 g/mol. The standard InChI is InChI=1S/C16H19NO/c1-3-7-16(18)17-12(2)14-11-6-9-13-8-4-5-10-15(13)14/h4-6,8-12H,3,7H2,1-2H3,(H,17,18)/t12-/m1/s1. The molecule has 1 amide bonds. The van der Waals surface area contributed by atoms with Gasteiger partial charge in [0.15, 0.2) is 0 Å². The summed E-state index contributed by atoms with van der Waals surface area (Å²) in [7, 11) is 0. The number of carbonyl (C=O) groups is 1. The predicted octanol–water partition coefficient (Wildman–Crippen LogP) is 3.82. The lowest BCUT2D eigenvalue weighted by Gasteiger charge is -2.16. The molecule has 2 rings (SSSR count). The number of benzene rings is 2. The number of hydrogen-bond donors (Lipinski definition) is 1. The average Bonchev–Trinajstić information content (AvgIpc) is 2.38. The van der Waals surface area contributed by atoms with Crippen molar-refractivity contribution in [3.05, 3.63) is 48.0 Å². The molecule has 94 valence electrons. The molecule has 0 unspecified atom stereocenters. The summed E-state index contributed by atoms with van der Waals surface area (Å²) in [6, 6.07) is 14.5. The van der Waals surface area contributed by atoms with Gasteiger partial charge in [-0.15, -0.1) is 0 Å². The molecule has 0 radical (unpaired) electrons. The van der Waals surface area contributed by atoms with Crippen LogP contribution in [-0.2, 0) is 4.79 Å². The summed E-state index contributed by atoms with van der Waals surface area (Å²) < 4.78 is 0. The average molecular weight is 241 g/mol. The maximum atomic E-state index is 11.7. The zero-order chi connectivity index (χ0) is 13.0. The van der Waals surface area contributed by atoms with E-state index in [0.717, 1.165) is 6.42 Å². The highest BCUT2D eigenvalue weighted by atomic mass is 16.1. The second-order valence-electron chi connectivity index (χ2n) is 4.61. The summed E-state index contributed by atoms with van der Waals surface area (Å²) in [6.07, 6.45) is 1.48. The van der Waals surface area contributed by atoms with E-state index in [4.69, 9.17) is 0 Å². The van der Waals surface area contributed by atoms with Gasteiger partial charge in [-0.2, -0.15) is 0 Å². The van der Waals surface area contributed by atoms with Crippen LogP contribution in [-0.4, -0.2) is 5.91 Å². The third kappa shape index (κ3) is 2.70. The third-order valence-corrected chi connectivity index (χ3v) is 3.14. The van der Waals surface area contributed by atoms with Gasteiger partial charge >= 0.3 is 0 Å². The molecule has 0 aromatic heterocycles. The van der Waals surface area contributed by atoms with E-state index in [1.807, 2.05) is 32.0 Å². The van der Waals surface area contributed by atoms with E-state index >= 15 is 0 Å². The largest absolute Gasteiger partial charge is 0.350 e. The highest BCUT2D eigenvalue weighted by molar-refractivity contribution is 5.86. The zero-order valence-corrected chi connectivity index (χ0v) is 10.9. The fourth-order valence-corrected chi connectivity index (χ4v) is 2.25. The smallest absolute Gasteiger partial charge is 0.220 e. The minimum absolute atomic E-state index is 0.0511. The molecule has 2 aromatic rings. The van der Waals surface area contributed by atoms with Crippen LogP contribution in [0.2, 0.25) is 0 Å². The molecule has 0 bridgehead atoms. The lowest BCUT2D eigenvalue weighted by atomic mass is 9.99. The molecule has 18 heavy (non-hydrogen) atoms. The van der Waals surface area contributed by atoms with E-state index < -0.39 is 0 Å². The van der Waals surface area contributed by atoms with Crippen LogP contribution in [0.15, 0.2) is 42.5 Å². The Balaban J connectivity index is 2.27. The zero-order valence-electron chi connectivity index (χ0n) is 10.9. The summed E-state index contributed by atoms with van der Waals surface area (Å²) in [5.41, 5.74) is 1.18. The van der Waals surface area contributed by atoms with Crippen molar-refractivity contribution in [2.75, 3.05) is 0 Å². The van der Waals surface area contributed by atoms with Crippen LogP contribution in [0.5, 0.6) is 0 Å². The number of rotatable bonds is 4. The summed E-state index contributed by atoms with van der Waals surface area (Å²) in [4.78, 5) is 11.7. The minimum atomic E-state index is 0.0511. The van der Waals surface area contributed by atoms with Crippen LogP contribution < -0.4 is 5.32 Å². The minimum Gasteiger partial charge on any atom is -0.350 e. The first-order valence-corrected chi connectivity index (χ1v) is 6.49. The molecule has 1 atom stereocenters. The molecule has 2 nitrogen and oxygen atoms in total. The van der Waals surface area contributed by atoms with Crippen LogP contribution in [0.25, 0.3) is 10.8 Å². The van der Waals surface area contributed by atoms with Crippen LogP contribution in [0.1, 0.15) is 38.3 Å². The molecule has 0 aliphatic rings. The van der Waals surface area contributed by atoms with Crippen molar-refractivity contribution in [2.45, 2.75) is 32.7 Å². The number of carbonyl (C=O) groups excluding carboxylic acids is 1. The van der Waals surface area contributed by atoms with Crippen LogP contribution >= 0.6 is 0 Å². The van der Waals surface area contributed by atoms with E-state index in [0.29, 0.717) is 6.42 Å². The van der Waals surface area contributed by atoms with Gasteiger partial charge in [0, 0.05) is 6.42 Å². The second kappa shape index (κ2) is 5.67. The van der Waals surface area contributed by atoms with Gasteiger partial charge in [-0.1, -0.05) is 49.4 Å². The molecule has 0 saturated heterocycles. The van der Waals surface area contributed by atoms with Crippen LogP contribution in [0, 0.1) is 0 Å². The number of amides is 1. The molecule has 0 aliphatic carbocycles. The monoisotopic (exact) mass is 241 g/mol. The summed E-state index contributed by atoms with van der Waals surface area (Å²) in [5, 5.41) is 5.48. The van der Waals surface area contributed by atoms with Crippen LogP contribution in [0.4, 0.5) is 0 Å². The Morgan fingerprint density at radius 3 is 2.67 bits per heavy atom. The van der Waals surface area contributed by atoms with Crippen molar-refractivity contribution >= 4 is 16.7 Å². The lowest BCUT2D eigenvalue weighted by Crippen LogP contribution is -2.26. The van der Waals surface area contributed by atoms with Gasteiger partial charge in [-0.3, -0.25) is 4.79 Å². The Morgan fingerprint density at radius 2 is 1.89 bits per heavy atom. The first-order chi connectivity index (χ1) is 8.72. The molecule has 0 aliphatic heterocycles. The molecule has 0 heterocycles. The number of nitrogens with one attached hydrogen (secondary N) is 1. The van der Waals surface area contributed by atoms with Gasteiger partial charge < -0.3 is 5.32 Å². The molecule has 2 heteroatoms. The Bertz CT molecular complexity index is 542. The molecule has 2 aromatic carbocycles. The topological polar surface area (TPSA) is 29.1 Å². The van der Waals surface area contributed by atoms with E-state index in [9.17, 15) is 4.79 Å². The fourth-order valence-electron chi connectivity index (χ4n) is 2.25. The van der Waals surface area contributed by atoms with Crippen molar-refractivity contribution in [1.82, 2.24) is 5.32 Å². The maximum Gasteiger partial charge on any atom is 0.220 e. The number of hydrogen-bond acceptors (Lipinski definition) is 1. The molecular formula is C16H19NO. The van der Waals surface area contributed by atoms with Gasteiger partial charge in [0.05, 0.1) is 6.04 Å². The van der Waals surface area contributed by atoms with Gasteiger partial charge in [-0.05, 0) is 29.7 Å². The first kappa shape index (κ1) is 12.6. The molecule has 1 N–H and O–H groups in total. The quantitative estimate of drug-likeness (QED) is 0.866. The van der Waals surface area contributed by atoms with Crippen molar-refractivity contribution in [1.29, 1.82) is 0 Å². The van der Waals surface area contributed by atoms with E-state index in [1.165, 1.54) is 16.3 Å². The summed E-state index contributed by atoms with van der Waals surface area (Å²) in [5.74, 6) is 0.123. The van der Waals surface area contributed by atoms with Gasteiger partial charge in [0.2, 0.25) is 5.91 Å². The molecule has 0 spiro atoms. The van der Waals surface area contributed by atoms with Crippen molar-refractivity contribution in [2.24, 2.45) is 0 Å². The predicted molar refractivity (Wildman–Crippen MR) is 75.4 cm³/mol. The molecule has 0 fully saturated rings. The maximum absolute atomic E-state index is 11.7. The van der Waals surface area contributed by atoms with Crippen molar-refractivity contribution in [3.63, 3.8) is 0 Å². The van der Waals surface area contributed by atoms with Gasteiger partial charge in [0.1, 0.15) is 0 Å². The number of fused-ring (bicyclic) bond motifs is 1. The first-order valence-electron chi connectivity index (χ1n) is 6.49. The Morgan fingerprint density at radius 1 is 1.17 bits per heavy atom. The Hall–Kier alpha value is -1.83. The molecule has 0 saturated carbocycles. The van der Waals surface area contributed by atoms with Gasteiger partial charge in [0.25, 0.3) is 0 Å².